The van der Waals surface area contributed by atoms with E-state index in [2.05, 4.69) is 10.4 Å². The monoisotopic (exact) mass is 233 g/mol. The van der Waals surface area contributed by atoms with Crippen LogP contribution >= 0.6 is 0 Å². The highest BCUT2D eigenvalue weighted by atomic mass is 16.1. The van der Waals surface area contributed by atoms with E-state index in [1.165, 1.54) is 6.08 Å². The van der Waals surface area contributed by atoms with Crippen LogP contribution in [-0.4, -0.2) is 15.7 Å². The van der Waals surface area contributed by atoms with Crippen molar-refractivity contribution in [1.82, 2.24) is 15.1 Å². The first-order chi connectivity index (χ1) is 8.06. The summed E-state index contributed by atoms with van der Waals surface area (Å²) in [6.07, 6.45) is 6.93. The van der Waals surface area contributed by atoms with E-state index in [0.717, 1.165) is 17.0 Å². The molecule has 1 amide bonds. The second kappa shape index (κ2) is 6.03. The molecule has 1 aromatic rings. The van der Waals surface area contributed by atoms with Gasteiger partial charge in [0.05, 0.1) is 5.69 Å². The number of amides is 1. The molecule has 0 saturated carbocycles. The first-order valence-corrected chi connectivity index (χ1v) is 5.62. The Hall–Kier alpha value is -1.84. The van der Waals surface area contributed by atoms with Crippen LogP contribution in [-0.2, 0) is 18.4 Å². The molecular formula is C13H19N3O. The van der Waals surface area contributed by atoms with Crippen molar-refractivity contribution in [2.75, 3.05) is 0 Å². The number of allylic oxidation sites excluding steroid dienone is 3. The molecule has 0 aromatic carbocycles. The molecule has 1 aromatic heterocycles. The second-order valence-electron chi connectivity index (χ2n) is 3.88. The van der Waals surface area contributed by atoms with E-state index in [4.69, 9.17) is 0 Å². The number of hydrogen-bond acceptors (Lipinski definition) is 2. The normalized spacial score (nSPS) is 11.5. The van der Waals surface area contributed by atoms with Gasteiger partial charge in [0.25, 0.3) is 0 Å². The van der Waals surface area contributed by atoms with E-state index in [0.29, 0.717) is 6.54 Å². The van der Waals surface area contributed by atoms with E-state index in [1.54, 1.807) is 6.08 Å². The van der Waals surface area contributed by atoms with Gasteiger partial charge in [-0.05, 0) is 20.8 Å². The molecule has 0 fully saturated rings. The molecule has 17 heavy (non-hydrogen) atoms. The lowest BCUT2D eigenvalue weighted by atomic mass is 10.2. The minimum Gasteiger partial charge on any atom is -0.348 e. The average molecular weight is 233 g/mol. The Kier molecular flexibility index (Phi) is 4.69. The van der Waals surface area contributed by atoms with Gasteiger partial charge in [0.2, 0.25) is 5.91 Å². The Bertz CT molecular complexity index is 455. The van der Waals surface area contributed by atoms with Crippen molar-refractivity contribution in [1.29, 1.82) is 0 Å². The van der Waals surface area contributed by atoms with Crippen LogP contribution in [0.5, 0.6) is 0 Å². The number of nitrogens with one attached hydrogen (secondary N) is 1. The Labute approximate surface area is 102 Å². The highest BCUT2D eigenvalue weighted by Crippen LogP contribution is 2.10. The maximum absolute atomic E-state index is 11.5. The van der Waals surface area contributed by atoms with Crippen LogP contribution in [0, 0.1) is 13.8 Å². The number of aromatic nitrogens is 2. The molecule has 0 aliphatic heterocycles. The van der Waals surface area contributed by atoms with Gasteiger partial charge in [0.1, 0.15) is 0 Å². The molecule has 0 saturated heterocycles. The first kappa shape index (κ1) is 13.2. The lowest BCUT2D eigenvalue weighted by Crippen LogP contribution is -2.21. The van der Waals surface area contributed by atoms with E-state index in [1.807, 2.05) is 44.7 Å². The predicted molar refractivity (Wildman–Crippen MR) is 68.5 cm³/mol. The maximum atomic E-state index is 11.5. The van der Waals surface area contributed by atoms with Crippen molar-refractivity contribution in [3.8, 4) is 0 Å². The van der Waals surface area contributed by atoms with Crippen LogP contribution in [0.4, 0.5) is 0 Å². The summed E-state index contributed by atoms with van der Waals surface area (Å²) in [5, 5.41) is 7.14. The standard InChI is InChI=1S/C13H19N3O/c1-5-6-7-8-13(17)14-9-12-10(2)15-16(4)11(12)3/h5-8H,9H2,1-4H3,(H,14,17)/b6-5+,8-7+. The van der Waals surface area contributed by atoms with Gasteiger partial charge >= 0.3 is 0 Å². The van der Waals surface area contributed by atoms with Crippen LogP contribution in [0.2, 0.25) is 0 Å². The van der Waals surface area contributed by atoms with Gasteiger partial charge < -0.3 is 5.32 Å². The lowest BCUT2D eigenvalue weighted by Gasteiger charge is -2.02. The zero-order valence-corrected chi connectivity index (χ0v) is 10.8. The highest BCUT2D eigenvalue weighted by molar-refractivity contribution is 5.87. The van der Waals surface area contributed by atoms with Crippen molar-refractivity contribution < 1.29 is 4.79 Å². The van der Waals surface area contributed by atoms with E-state index in [9.17, 15) is 4.79 Å². The molecule has 0 unspecified atom stereocenters. The molecule has 1 rings (SSSR count). The fourth-order valence-corrected chi connectivity index (χ4v) is 1.56. The molecular weight excluding hydrogens is 214 g/mol. The summed E-state index contributed by atoms with van der Waals surface area (Å²) in [7, 11) is 1.90. The van der Waals surface area contributed by atoms with Crippen molar-refractivity contribution in [3.63, 3.8) is 0 Å². The fourth-order valence-electron chi connectivity index (χ4n) is 1.56. The topological polar surface area (TPSA) is 46.9 Å². The van der Waals surface area contributed by atoms with Gasteiger partial charge in [0, 0.05) is 30.9 Å². The Morgan fingerprint density at radius 2 is 2.12 bits per heavy atom. The quantitative estimate of drug-likeness (QED) is 0.636. The summed E-state index contributed by atoms with van der Waals surface area (Å²) in [5.41, 5.74) is 3.13. The third kappa shape index (κ3) is 3.59. The van der Waals surface area contributed by atoms with Gasteiger partial charge in [-0.25, -0.2) is 0 Å². The largest absolute Gasteiger partial charge is 0.348 e. The third-order valence-corrected chi connectivity index (χ3v) is 2.65. The molecule has 4 heteroatoms. The predicted octanol–water partition coefficient (Wildman–Crippen LogP) is 1.79. The van der Waals surface area contributed by atoms with Gasteiger partial charge in [0.15, 0.2) is 0 Å². The zero-order valence-electron chi connectivity index (χ0n) is 10.8. The van der Waals surface area contributed by atoms with E-state index in [-0.39, 0.29) is 5.91 Å². The van der Waals surface area contributed by atoms with E-state index >= 15 is 0 Å². The van der Waals surface area contributed by atoms with Gasteiger partial charge in [-0.15, -0.1) is 0 Å². The fraction of sp³-hybridized carbons (Fsp3) is 0.385. The number of carbonyl (C=O) groups excluding carboxylic acids is 1. The Balaban J connectivity index is 2.59. The summed E-state index contributed by atoms with van der Waals surface area (Å²) >= 11 is 0. The Morgan fingerprint density at radius 3 is 2.65 bits per heavy atom. The van der Waals surface area contributed by atoms with Crippen molar-refractivity contribution >= 4 is 5.91 Å². The minimum atomic E-state index is -0.0919. The molecule has 0 radical (unpaired) electrons. The molecule has 0 bridgehead atoms. The van der Waals surface area contributed by atoms with E-state index < -0.39 is 0 Å². The van der Waals surface area contributed by atoms with Crippen LogP contribution in [0.3, 0.4) is 0 Å². The molecule has 0 aliphatic carbocycles. The van der Waals surface area contributed by atoms with Crippen molar-refractivity contribution in [2.24, 2.45) is 7.05 Å². The number of aryl methyl sites for hydroxylation is 2. The maximum Gasteiger partial charge on any atom is 0.244 e. The Morgan fingerprint density at radius 1 is 1.41 bits per heavy atom. The van der Waals surface area contributed by atoms with Crippen LogP contribution < -0.4 is 5.32 Å². The van der Waals surface area contributed by atoms with Gasteiger partial charge in [-0.1, -0.05) is 18.2 Å². The van der Waals surface area contributed by atoms with Crippen LogP contribution in [0.25, 0.3) is 0 Å². The summed E-state index contributed by atoms with van der Waals surface area (Å²) in [6.45, 7) is 6.37. The van der Waals surface area contributed by atoms with Gasteiger partial charge in [-0.2, -0.15) is 5.10 Å². The third-order valence-electron chi connectivity index (χ3n) is 2.65. The molecule has 92 valence electrons. The highest BCUT2D eigenvalue weighted by Gasteiger charge is 2.09. The number of hydrogen-bond donors (Lipinski definition) is 1. The second-order valence-corrected chi connectivity index (χ2v) is 3.88. The number of nitrogens with zero attached hydrogens (tertiary/aromatic N) is 2. The molecule has 0 aliphatic rings. The summed E-state index contributed by atoms with van der Waals surface area (Å²) in [6, 6.07) is 0. The van der Waals surface area contributed by atoms with Crippen molar-refractivity contribution in [2.45, 2.75) is 27.3 Å². The molecule has 4 nitrogen and oxygen atoms in total. The molecule has 1 heterocycles. The summed E-state index contributed by atoms with van der Waals surface area (Å²) in [4.78, 5) is 11.5. The SMILES string of the molecule is C/C=C/C=C/C(=O)NCc1c(C)nn(C)c1C. The smallest absolute Gasteiger partial charge is 0.244 e. The number of carbonyl (C=O) groups is 1. The lowest BCUT2D eigenvalue weighted by molar-refractivity contribution is -0.116. The average Bonchev–Trinajstić information content (AvgIpc) is 2.51. The summed E-state index contributed by atoms with van der Waals surface area (Å²) < 4.78 is 1.83. The zero-order chi connectivity index (χ0) is 12.8. The molecule has 1 N–H and O–H groups in total. The molecule has 0 atom stereocenters. The molecule has 0 spiro atoms. The minimum absolute atomic E-state index is 0.0919. The van der Waals surface area contributed by atoms with Crippen molar-refractivity contribution in [3.05, 3.63) is 41.3 Å². The number of rotatable bonds is 4. The van der Waals surface area contributed by atoms with Gasteiger partial charge in [-0.3, -0.25) is 9.48 Å². The van der Waals surface area contributed by atoms with Crippen LogP contribution in [0.1, 0.15) is 23.9 Å². The first-order valence-electron chi connectivity index (χ1n) is 5.62. The van der Waals surface area contributed by atoms with Crippen LogP contribution in [0.15, 0.2) is 24.3 Å². The summed E-state index contributed by atoms with van der Waals surface area (Å²) in [5.74, 6) is -0.0919.